The van der Waals surface area contributed by atoms with E-state index in [1.165, 1.54) is 16.9 Å². The van der Waals surface area contributed by atoms with Crippen molar-refractivity contribution in [1.29, 1.82) is 0 Å². The van der Waals surface area contributed by atoms with E-state index in [2.05, 4.69) is 15.4 Å². The molecule has 3 heterocycles. The molecule has 1 fully saturated rings. The molecule has 1 amide bonds. The minimum atomic E-state index is -0.944. The molecule has 11 heteroatoms. The Morgan fingerprint density at radius 2 is 2.07 bits per heavy atom. The number of aromatic nitrogens is 3. The first-order chi connectivity index (χ1) is 13.8. The summed E-state index contributed by atoms with van der Waals surface area (Å²) in [4.78, 5) is 18.6. The van der Waals surface area contributed by atoms with Crippen molar-refractivity contribution in [1.82, 2.24) is 14.8 Å². The Hall–Kier alpha value is -3.08. The van der Waals surface area contributed by atoms with Gasteiger partial charge in [0.2, 0.25) is 0 Å². The van der Waals surface area contributed by atoms with Crippen LogP contribution in [-0.2, 0) is 7.05 Å². The van der Waals surface area contributed by atoms with Gasteiger partial charge in [-0.25, -0.2) is 18.2 Å². The van der Waals surface area contributed by atoms with Gasteiger partial charge >= 0.3 is 0 Å². The summed E-state index contributed by atoms with van der Waals surface area (Å²) in [6.07, 6.45) is 0.898. The highest BCUT2D eigenvalue weighted by atomic mass is 32.1. The lowest BCUT2D eigenvalue weighted by atomic mass is 10.2. The maximum atomic E-state index is 14.0. The van der Waals surface area contributed by atoms with Gasteiger partial charge in [0.1, 0.15) is 33.5 Å². The number of carbonyl (C=O) groups is 1. The zero-order valence-corrected chi connectivity index (χ0v) is 16.1. The van der Waals surface area contributed by atoms with Gasteiger partial charge in [-0.2, -0.15) is 5.10 Å². The Bertz CT molecular complexity index is 1060. The van der Waals surface area contributed by atoms with Crippen molar-refractivity contribution < 1.29 is 18.0 Å². The first-order valence-electron chi connectivity index (χ1n) is 8.78. The van der Waals surface area contributed by atoms with Gasteiger partial charge in [-0.3, -0.25) is 9.48 Å². The van der Waals surface area contributed by atoms with Crippen LogP contribution in [0.1, 0.15) is 16.9 Å². The minimum Gasteiger partial charge on any atom is -0.389 e. The molecule has 3 N–H and O–H groups in total. The smallest absolute Gasteiger partial charge is 0.277 e. The fourth-order valence-electron chi connectivity index (χ4n) is 3.29. The van der Waals surface area contributed by atoms with Crippen LogP contribution in [0.15, 0.2) is 24.4 Å². The molecule has 152 valence electrons. The number of nitrogen functional groups attached to an aromatic ring is 1. The topological polar surface area (TPSA) is 89.1 Å². The summed E-state index contributed by atoms with van der Waals surface area (Å²) in [6.45, 7) is 0.705. The lowest BCUT2D eigenvalue weighted by Gasteiger charge is -2.19. The number of amides is 1. The number of thiazole rings is 1. The number of nitrogens with one attached hydrogen (secondary N) is 1. The van der Waals surface area contributed by atoms with Crippen molar-refractivity contribution in [3.05, 3.63) is 41.7 Å². The summed E-state index contributed by atoms with van der Waals surface area (Å²) in [7, 11) is 1.69. The number of anilines is 3. The van der Waals surface area contributed by atoms with Gasteiger partial charge in [-0.1, -0.05) is 17.4 Å². The fraction of sp³-hybridized carbons (Fsp3) is 0.278. The van der Waals surface area contributed by atoms with E-state index >= 15 is 0 Å². The summed E-state index contributed by atoms with van der Waals surface area (Å²) in [5, 5.41) is 6.78. The first kappa shape index (κ1) is 19.2. The van der Waals surface area contributed by atoms with Crippen molar-refractivity contribution in [3.63, 3.8) is 0 Å². The fourth-order valence-corrected chi connectivity index (χ4v) is 4.17. The van der Waals surface area contributed by atoms with Crippen LogP contribution in [0, 0.1) is 11.6 Å². The number of hydrogen-bond acceptors (Lipinski definition) is 6. The zero-order valence-electron chi connectivity index (χ0n) is 15.3. The van der Waals surface area contributed by atoms with Crippen LogP contribution in [0.4, 0.5) is 29.7 Å². The molecule has 3 aromatic rings. The van der Waals surface area contributed by atoms with E-state index in [0.717, 1.165) is 23.5 Å². The van der Waals surface area contributed by atoms with Crippen LogP contribution in [-0.4, -0.2) is 39.9 Å². The molecule has 1 atom stereocenters. The minimum absolute atomic E-state index is 0.0237. The largest absolute Gasteiger partial charge is 0.389 e. The van der Waals surface area contributed by atoms with Crippen LogP contribution in [0.25, 0.3) is 10.6 Å². The average molecular weight is 422 g/mol. The number of carbonyl (C=O) groups excluding carboxylic acids is 1. The Balaban J connectivity index is 1.62. The molecule has 0 aliphatic carbocycles. The number of hydrogen-bond donors (Lipinski definition) is 2. The van der Waals surface area contributed by atoms with Crippen molar-refractivity contribution in [2.24, 2.45) is 7.05 Å². The van der Waals surface area contributed by atoms with Gasteiger partial charge in [0.05, 0.1) is 18.3 Å². The predicted octanol–water partition coefficient (Wildman–Crippen LogP) is 3.20. The van der Waals surface area contributed by atoms with Gasteiger partial charge in [0.15, 0.2) is 11.5 Å². The van der Waals surface area contributed by atoms with Gasteiger partial charge in [0, 0.05) is 13.6 Å². The number of halogens is 3. The molecule has 4 rings (SSSR count). The summed E-state index contributed by atoms with van der Waals surface area (Å²) in [5.74, 6) is -1.68. The Labute approximate surface area is 168 Å². The number of alkyl halides is 1. The molecular weight excluding hydrogens is 405 g/mol. The first-order valence-corrected chi connectivity index (χ1v) is 9.60. The number of aryl methyl sites for hydroxylation is 1. The van der Waals surface area contributed by atoms with Crippen LogP contribution < -0.4 is 16.0 Å². The average Bonchev–Trinajstić information content (AvgIpc) is 3.34. The molecule has 0 spiro atoms. The third-order valence-corrected chi connectivity index (χ3v) is 5.53. The lowest BCUT2D eigenvalue weighted by Crippen LogP contribution is -2.24. The molecule has 1 aromatic carbocycles. The molecule has 0 radical (unpaired) electrons. The molecule has 7 nitrogen and oxygen atoms in total. The molecule has 1 saturated heterocycles. The van der Waals surface area contributed by atoms with E-state index in [9.17, 15) is 18.0 Å². The standard InChI is InChI=1S/C18H17F3N6OS/c1-26-18(27-6-5-9(19)8-27)12(7-23-26)24-16(28)14-15(22)29-17(25-14)13-10(20)3-2-4-11(13)21/h2-4,7,9H,5-6,8,22H2,1H3,(H,24,28). The predicted molar refractivity (Wildman–Crippen MR) is 105 cm³/mol. The normalized spacial score (nSPS) is 16.4. The Morgan fingerprint density at radius 1 is 1.34 bits per heavy atom. The van der Waals surface area contributed by atoms with Crippen LogP contribution in [0.2, 0.25) is 0 Å². The highest BCUT2D eigenvalue weighted by Crippen LogP contribution is 2.34. The second kappa shape index (κ2) is 7.39. The summed E-state index contributed by atoms with van der Waals surface area (Å²) >= 11 is 0.815. The van der Waals surface area contributed by atoms with Crippen LogP contribution in [0.3, 0.4) is 0 Å². The van der Waals surface area contributed by atoms with E-state index < -0.39 is 23.7 Å². The molecule has 1 aliphatic heterocycles. The molecule has 1 unspecified atom stereocenters. The number of nitrogens with zero attached hydrogens (tertiary/aromatic N) is 4. The van der Waals surface area contributed by atoms with E-state index in [0.29, 0.717) is 24.5 Å². The molecule has 0 bridgehead atoms. The lowest BCUT2D eigenvalue weighted by molar-refractivity contribution is 0.102. The molecule has 2 aromatic heterocycles. The van der Waals surface area contributed by atoms with E-state index in [4.69, 9.17) is 5.73 Å². The molecule has 29 heavy (non-hydrogen) atoms. The van der Waals surface area contributed by atoms with Gasteiger partial charge in [-0.05, 0) is 18.6 Å². The van der Waals surface area contributed by atoms with Crippen molar-refractivity contribution >= 4 is 33.8 Å². The Morgan fingerprint density at radius 3 is 2.72 bits per heavy atom. The third-order valence-electron chi connectivity index (χ3n) is 4.63. The number of benzene rings is 1. The van der Waals surface area contributed by atoms with E-state index in [1.807, 2.05) is 0 Å². The van der Waals surface area contributed by atoms with Crippen LogP contribution >= 0.6 is 11.3 Å². The summed E-state index contributed by atoms with van der Waals surface area (Å²) in [5.41, 5.74) is 5.78. The second-order valence-electron chi connectivity index (χ2n) is 6.62. The van der Waals surface area contributed by atoms with Crippen molar-refractivity contribution in [2.75, 3.05) is 29.0 Å². The summed E-state index contributed by atoms with van der Waals surface area (Å²) in [6, 6.07) is 3.45. The van der Waals surface area contributed by atoms with Gasteiger partial charge in [-0.15, -0.1) is 0 Å². The highest BCUT2D eigenvalue weighted by molar-refractivity contribution is 7.19. The van der Waals surface area contributed by atoms with Crippen molar-refractivity contribution in [2.45, 2.75) is 12.6 Å². The molecule has 1 aliphatic rings. The highest BCUT2D eigenvalue weighted by Gasteiger charge is 2.28. The van der Waals surface area contributed by atoms with E-state index in [-0.39, 0.29) is 27.8 Å². The molecular formula is C18H17F3N6OS. The quantitative estimate of drug-likeness (QED) is 0.674. The molecule has 0 saturated carbocycles. The maximum absolute atomic E-state index is 14.0. The maximum Gasteiger partial charge on any atom is 0.277 e. The number of nitrogens with two attached hydrogens (primary N) is 1. The number of rotatable bonds is 4. The van der Waals surface area contributed by atoms with Gasteiger partial charge < -0.3 is 16.0 Å². The van der Waals surface area contributed by atoms with Crippen molar-refractivity contribution in [3.8, 4) is 10.6 Å². The monoisotopic (exact) mass is 422 g/mol. The van der Waals surface area contributed by atoms with E-state index in [1.54, 1.807) is 11.9 Å². The second-order valence-corrected chi connectivity index (χ2v) is 7.65. The SMILES string of the molecule is Cn1ncc(NC(=O)c2nc(-c3c(F)cccc3F)sc2N)c1N1CCC(F)C1. The summed E-state index contributed by atoms with van der Waals surface area (Å²) < 4.78 is 43.2. The zero-order chi connectivity index (χ0) is 20.7. The van der Waals surface area contributed by atoms with Crippen LogP contribution in [0.5, 0.6) is 0 Å². The van der Waals surface area contributed by atoms with Gasteiger partial charge in [0.25, 0.3) is 5.91 Å². The third kappa shape index (κ3) is 3.53. The Kier molecular flexibility index (Phi) is 4.91.